The van der Waals surface area contributed by atoms with E-state index in [0.717, 1.165) is 10.1 Å². The molecule has 0 saturated heterocycles. The van der Waals surface area contributed by atoms with Gasteiger partial charge in [-0.05, 0) is 23.8 Å². The van der Waals surface area contributed by atoms with Crippen LogP contribution in [0.15, 0.2) is 82.4 Å². The van der Waals surface area contributed by atoms with Gasteiger partial charge in [0.1, 0.15) is 18.2 Å². The smallest absolute Gasteiger partial charge is 0.334 e. The van der Waals surface area contributed by atoms with E-state index in [2.05, 4.69) is 0 Å². The van der Waals surface area contributed by atoms with Crippen LogP contribution in [0, 0.1) is 0 Å². The van der Waals surface area contributed by atoms with E-state index < -0.39 is 23.3 Å². The van der Waals surface area contributed by atoms with Gasteiger partial charge in [0.2, 0.25) is 5.88 Å². The number of rotatable bonds is 5. The Morgan fingerprint density at radius 3 is 2.20 bits per heavy atom. The van der Waals surface area contributed by atoms with Crippen LogP contribution in [0.3, 0.4) is 0 Å². The molecule has 0 spiro atoms. The van der Waals surface area contributed by atoms with Gasteiger partial charge in [-0.3, -0.25) is 13.9 Å². The van der Waals surface area contributed by atoms with E-state index in [-0.39, 0.29) is 24.6 Å². The second-order valence-electron chi connectivity index (χ2n) is 8.21. The molecule has 5 rings (SSSR count). The summed E-state index contributed by atoms with van der Waals surface area (Å²) in [6.45, 7) is 0.0344. The summed E-state index contributed by atoms with van der Waals surface area (Å²) in [7, 11) is 0. The maximum Gasteiger partial charge on any atom is 0.334 e. The van der Waals surface area contributed by atoms with Gasteiger partial charge in [-0.2, -0.15) is 0 Å². The maximum absolute atomic E-state index is 13.8. The number of nitrogens with two attached hydrogens (primary N) is 1. The Morgan fingerprint density at radius 2 is 1.51 bits per heavy atom. The first-order valence-electron chi connectivity index (χ1n) is 10.9. The number of benzene rings is 3. The molecule has 0 radical (unpaired) electrons. The SMILES string of the molecule is NC(Cn1c(=O)c(-c2ccccc2Cl)c2n(c1=O)C(c1c(Cl)cccc1Cl)CO2)c1ccccc1. The first-order chi connectivity index (χ1) is 16.9. The number of hydrogen-bond acceptors (Lipinski definition) is 4. The van der Waals surface area contributed by atoms with Crippen molar-refractivity contribution in [1.29, 1.82) is 0 Å². The van der Waals surface area contributed by atoms with Crippen LogP contribution in [-0.2, 0) is 6.54 Å². The lowest BCUT2D eigenvalue weighted by Gasteiger charge is -2.20. The van der Waals surface area contributed by atoms with E-state index in [9.17, 15) is 9.59 Å². The fraction of sp³-hybridized carbons (Fsp3) is 0.154. The van der Waals surface area contributed by atoms with E-state index in [1.54, 1.807) is 42.5 Å². The predicted octanol–water partition coefficient (Wildman–Crippen LogP) is 5.32. The summed E-state index contributed by atoms with van der Waals surface area (Å²) in [6.07, 6.45) is 0. The van der Waals surface area contributed by atoms with Gasteiger partial charge in [0, 0.05) is 32.2 Å². The quantitative estimate of drug-likeness (QED) is 0.380. The van der Waals surface area contributed by atoms with Crippen LogP contribution in [0.2, 0.25) is 15.1 Å². The van der Waals surface area contributed by atoms with E-state index in [1.165, 1.54) is 4.57 Å². The highest BCUT2D eigenvalue weighted by Crippen LogP contribution is 2.41. The summed E-state index contributed by atoms with van der Waals surface area (Å²) >= 11 is 19.4. The van der Waals surface area contributed by atoms with Crippen LogP contribution in [0.4, 0.5) is 0 Å². The minimum atomic E-state index is -0.639. The third-order valence-corrected chi connectivity index (χ3v) is 7.09. The molecule has 178 valence electrons. The molecule has 3 aromatic carbocycles. The molecule has 0 aliphatic carbocycles. The molecular formula is C26H20Cl3N3O3. The molecule has 2 unspecified atom stereocenters. The molecule has 9 heteroatoms. The highest BCUT2D eigenvalue weighted by atomic mass is 35.5. The van der Waals surface area contributed by atoms with Crippen LogP contribution >= 0.6 is 34.8 Å². The molecule has 0 bridgehead atoms. The zero-order valence-electron chi connectivity index (χ0n) is 18.3. The third-order valence-electron chi connectivity index (χ3n) is 6.10. The van der Waals surface area contributed by atoms with Gasteiger partial charge >= 0.3 is 5.69 Å². The Morgan fingerprint density at radius 1 is 0.886 bits per heavy atom. The maximum atomic E-state index is 13.8. The van der Waals surface area contributed by atoms with Gasteiger partial charge in [-0.15, -0.1) is 0 Å². The molecule has 0 amide bonds. The van der Waals surface area contributed by atoms with Crippen molar-refractivity contribution in [2.24, 2.45) is 5.73 Å². The minimum absolute atomic E-state index is 0.0393. The first-order valence-corrected chi connectivity index (χ1v) is 12.0. The second-order valence-corrected chi connectivity index (χ2v) is 9.43. The van der Waals surface area contributed by atoms with Crippen LogP contribution in [0.1, 0.15) is 23.2 Å². The number of aromatic nitrogens is 2. The molecular weight excluding hydrogens is 509 g/mol. The van der Waals surface area contributed by atoms with Gasteiger partial charge in [-0.25, -0.2) is 4.79 Å². The summed E-state index contributed by atoms with van der Waals surface area (Å²) in [5.74, 6) is 0.124. The molecule has 2 atom stereocenters. The monoisotopic (exact) mass is 527 g/mol. The lowest BCUT2D eigenvalue weighted by atomic mass is 10.1. The molecule has 2 heterocycles. The van der Waals surface area contributed by atoms with Crippen molar-refractivity contribution >= 4 is 34.8 Å². The van der Waals surface area contributed by atoms with E-state index >= 15 is 0 Å². The van der Waals surface area contributed by atoms with Gasteiger partial charge in [-0.1, -0.05) is 89.4 Å². The summed E-state index contributed by atoms with van der Waals surface area (Å²) in [6, 6.07) is 20.1. The van der Waals surface area contributed by atoms with E-state index in [4.69, 9.17) is 45.3 Å². The normalized spacial score (nSPS) is 15.5. The molecule has 1 aliphatic rings. The average Bonchev–Trinajstić information content (AvgIpc) is 3.28. The fourth-order valence-electron chi connectivity index (χ4n) is 4.40. The Labute approximate surface area is 216 Å². The van der Waals surface area contributed by atoms with Crippen LogP contribution < -0.4 is 21.7 Å². The minimum Gasteiger partial charge on any atom is -0.476 e. The van der Waals surface area contributed by atoms with Crippen molar-refractivity contribution in [3.8, 4) is 17.0 Å². The zero-order valence-corrected chi connectivity index (χ0v) is 20.6. The Hall–Kier alpha value is -3.03. The van der Waals surface area contributed by atoms with Gasteiger partial charge in [0.15, 0.2) is 0 Å². The topological polar surface area (TPSA) is 79.2 Å². The molecule has 0 fully saturated rings. The van der Waals surface area contributed by atoms with E-state index in [0.29, 0.717) is 26.2 Å². The number of halogens is 3. The lowest BCUT2D eigenvalue weighted by molar-refractivity contribution is 0.343. The average molecular weight is 529 g/mol. The molecule has 0 saturated carbocycles. The van der Waals surface area contributed by atoms with Gasteiger partial charge in [0.25, 0.3) is 5.56 Å². The molecule has 2 N–H and O–H groups in total. The van der Waals surface area contributed by atoms with Crippen molar-refractivity contribution in [2.45, 2.75) is 18.6 Å². The Kier molecular flexibility index (Phi) is 6.47. The highest BCUT2D eigenvalue weighted by molar-refractivity contribution is 6.36. The van der Waals surface area contributed by atoms with Crippen LogP contribution in [0.25, 0.3) is 11.1 Å². The summed E-state index contributed by atoms with van der Waals surface area (Å²) in [4.78, 5) is 27.5. The van der Waals surface area contributed by atoms with Crippen molar-refractivity contribution in [3.63, 3.8) is 0 Å². The molecule has 6 nitrogen and oxygen atoms in total. The standard InChI is InChI=1S/C26H20Cl3N3O3/c27-17-10-5-4-9-16(17)22-24(33)31(13-20(30)15-7-2-1-3-8-15)26(34)32-21(14-35-25(22)32)23-18(28)11-6-12-19(23)29/h1-12,20-21H,13-14,30H2. The van der Waals surface area contributed by atoms with E-state index in [1.807, 2.05) is 30.3 Å². The fourth-order valence-corrected chi connectivity index (χ4v) is 5.28. The Bertz CT molecular complexity index is 1510. The van der Waals surface area contributed by atoms with Crippen molar-refractivity contribution in [3.05, 3.63) is 120 Å². The highest BCUT2D eigenvalue weighted by Gasteiger charge is 2.35. The number of hydrogen-bond donors (Lipinski definition) is 1. The van der Waals surface area contributed by atoms with Gasteiger partial charge in [0.05, 0.1) is 6.54 Å². The number of nitrogens with zero attached hydrogens (tertiary/aromatic N) is 2. The number of ether oxygens (including phenoxy) is 1. The predicted molar refractivity (Wildman–Crippen MR) is 139 cm³/mol. The van der Waals surface area contributed by atoms with Crippen LogP contribution in [-0.4, -0.2) is 15.7 Å². The molecule has 1 aliphatic heterocycles. The third kappa shape index (κ3) is 4.17. The number of fused-ring (bicyclic) bond motifs is 1. The molecule has 1 aromatic heterocycles. The molecule has 4 aromatic rings. The summed E-state index contributed by atoms with van der Waals surface area (Å²) in [5, 5.41) is 1.14. The molecule has 35 heavy (non-hydrogen) atoms. The van der Waals surface area contributed by atoms with Crippen LogP contribution in [0.5, 0.6) is 5.88 Å². The van der Waals surface area contributed by atoms with Crippen molar-refractivity contribution in [1.82, 2.24) is 9.13 Å². The lowest BCUT2D eigenvalue weighted by Crippen LogP contribution is -2.43. The van der Waals surface area contributed by atoms with Crippen molar-refractivity contribution < 1.29 is 4.74 Å². The summed E-state index contributed by atoms with van der Waals surface area (Å²) < 4.78 is 8.52. The first kappa shape index (κ1) is 23.7. The second kappa shape index (κ2) is 9.55. The van der Waals surface area contributed by atoms with Gasteiger partial charge < -0.3 is 10.5 Å². The largest absolute Gasteiger partial charge is 0.476 e. The summed E-state index contributed by atoms with van der Waals surface area (Å²) in [5.41, 5.74) is 7.29. The Balaban J connectivity index is 1.77. The zero-order chi connectivity index (χ0) is 24.7. The van der Waals surface area contributed by atoms with Crippen molar-refractivity contribution in [2.75, 3.05) is 6.61 Å².